The molecule has 0 saturated carbocycles. The van der Waals surface area contributed by atoms with E-state index in [1.165, 1.54) is 10.5 Å². The van der Waals surface area contributed by atoms with Gasteiger partial charge in [0.25, 0.3) is 0 Å². The first-order valence-corrected chi connectivity index (χ1v) is 7.66. The molecule has 0 saturated heterocycles. The van der Waals surface area contributed by atoms with Gasteiger partial charge < -0.3 is 9.47 Å². The molecule has 1 rings (SSSR count). The topological polar surface area (TPSA) is 18.5 Å². The maximum Gasteiger partial charge on any atom is 0.103 e. The second-order valence-corrected chi connectivity index (χ2v) is 5.55. The number of hydrogen-bond acceptors (Lipinski definition) is 4. The van der Waals surface area contributed by atoms with Crippen molar-refractivity contribution in [3.8, 4) is 0 Å². The second-order valence-electron chi connectivity index (χ2n) is 3.24. The molecule has 0 spiro atoms. The summed E-state index contributed by atoms with van der Waals surface area (Å²) in [6.07, 6.45) is 0. The molecule has 0 aromatic heterocycles. The fraction of sp³-hybridized carbons (Fsp3) is 0.500. The summed E-state index contributed by atoms with van der Waals surface area (Å²) in [5.41, 5.74) is 1.29. The van der Waals surface area contributed by atoms with E-state index < -0.39 is 0 Å². The number of benzene rings is 1. The Kier molecular flexibility index (Phi) is 7.76. The number of aryl methyl sites for hydroxylation is 1. The molecule has 0 aliphatic carbocycles. The third-order valence-corrected chi connectivity index (χ3v) is 3.95. The molecule has 4 heteroatoms. The van der Waals surface area contributed by atoms with E-state index in [1.807, 2.05) is 6.92 Å². The monoisotopic (exact) mass is 258 g/mol. The van der Waals surface area contributed by atoms with Gasteiger partial charge in [-0.2, -0.15) is 0 Å². The van der Waals surface area contributed by atoms with E-state index >= 15 is 0 Å². The van der Waals surface area contributed by atoms with Gasteiger partial charge in [-0.15, -0.1) is 0 Å². The van der Waals surface area contributed by atoms with Crippen molar-refractivity contribution in [2.75, 3.05) is 25.8 Å². The summed E-state index contributed by atoms with van der Waals surface area (Å²) < 4.78 is 10.6. The van der Waals surface area contributed by atoms with Gasteiger partial charge in [0.1, 0.15) is 5.94 Å². The number of hydrogen-bond donors (Lipinski definition) is 0. The summed E-state index contributed by atoms with van der Waals surface area (Å²) in [6, 6.07) is 8.51. The Morgan fingerprint density at radius 3 is 2.44 bits per heavy atom. The van der Waals surface area contributed by atoms with Crippen molar-refractivity contribution in [1.29, 1.82) is 0 Å². The van der Waals surface area contributed by atoms with Crippen LogP contribution in [0.3, 0.4) is 0 Å². The van der Waals surface area contributed by atoms with Gasteiger partial charge in [0, 0.05) is 11.5 Å². The molecule has 0 atom stereocenters. The molecular weight excluding hydrogens is 240 g/mol. The Bertz CT molecular complexity index is 275. The SMILES string of the molecule is CCOCCOCSSc1ccc(C)cc1. The maximum absolute atomic E-state index is 5.40. The highest BCUT2D eigenvalue weighted by Crippen LogP contribution is 2.30. The fourth-order valence-electron chi connectivity index (χ4n) is 1.04. The normalized spacial score (nSPS) is 10.6. The lowest BCUT2D eigenvalue weighted by Crippen LogP contribution is -2.02. The summed E-state index contributed by atoms with van der Waals surface area (Å²) in [7, 11) is 3.45. The van der Waals surface area contributed by atoms with Crippen molar-refractivity contribution in [3.63, 3.8) is 0 Å². The van der Waals surface area contributed by atoms with Crippen LogP contribution in [0.4, 0.5) is 0 Å². The van der Waals surface area contributed by atoms with E-state index in [0.29, 0.717) is 19.2 Å². The largest absolute Gasteiger partial charge is 0.379 e. The van der Waals surface area contributed by atoms with E-state index in [1.54, 1.807) is 21.6 Å². The van der Waals surface area contributed by atoms with Gasteiger partial charge in [0.05, 0.1) is 13.2 Å². The molecule has 0 unspecified atom stereocenters. The van der Waals surface area contributed by atoms with E-state index in [0.717, 1.165) is 6.61 Å². The number of rotatable bonds is 8. The van der Waals surface area contributed by atoms with Gasteiger partial charge in [-0.1, -0.05) is 39.3 Å². The molecule has 0 aliphatic heterocycles. The first kappa shape index (κ1) is 13.9. The van der Waals surface area contributed by atoms with E-state index in [-0.39, 0.29) is 0 Å². The molecule has 2 nitrogen and oxygen atoms in total. The Labute approximate surface area is 105 Å². The van der Waals surface area contributed by atoms with Gasteiger partial charge in [0.2, 0.25) is 0 Å². The van der Waals surface area contributed by atoms with Crippen LogP contribution >= 0.6 is 21.6 Å². The molecule has 0 amide bonds. The highest BCUT2D eigenvalue weighted by atomic mass is 33.1. The minimum atomic E-state index is 0.676. The molecule has 1 aromatic rings. The summed E-state index contributed by atoms with van der Waals surface area (Å²) in [5.74, 6) is 0.700. The maximum atomic E-state index is 5.40. The lowest BCUT2D eigenvalue weighted by molar-refractivity contribution is 0.0724. The molecule has 0 aliphatic rings. The summed E-state index contributed by atoms with van der Waals surface area (Å²) in [4.78, 5) is 1.27. The highest BCUT2D eigenvalue weighted by molar-refractivity contribution is 8.76. The van der Waals surface area contributed by atoms with Gasteiger partial charge >= 0.3 is 0 Å². The average Bonchev–Trinajstić information content (AvgIpc) is 2.30. The molecule has 16 heavy (non-hydrogen) atoms. The van der Waals surface area contributed by atoms with Gasteiger partial charge in [-0.25, -0.2) is 0 Å². The predicted molar refractivity (Wildman–Crippen MR) is 71.9 cm³/mol. The summed E-state index contributed by atoms with van der Waals surface area (Å²) in [5, 5.41) is 0. The summed E-state index contributed by atoms with van der Waals surface area (Å²) >= 11 is 0. The van der Waals surface area contributed by atoms with Crippen LogP contribution < -0.4 is 0 Å². The van der Waals surface area contributed by atoms with Gasteiger partial charge in [0.15, 0.2) is 0 Å². The Morgan fingerprint density at radius 2 is 1.75 bits per heavy atom. The van der Waals surface area contributed by atoms with Crippen LogP contribution in [-0.4, -0.2) is 25.8 Å². The van der Waals surface area contributed by atoms with Crippen molar-refractivity contribution >= 4 is 21.6 Å². The van der Waals surface area contributed by atoms with Gasteiger partial charge in [-0.3, -0.25) is 0 Å². The quantitative estimate of drug-likeness (QED) is 0.401. The Hall–Kier alpha value is -0.160. The predicted octanol–water partition coefficient (Wildman–Crippen LogP) is 3.75. The molecular formula is C12H18O2S2. The van der Waals surface area contributed by atoms with Crippen LogP contribution in [0.15, 0.2) is 29.2 Å². The van der Waals surface area contributed by atoms with E-state index in [4.69, 9.17) is 9.47 Å². The molecule has 0 bridgehead atoms. The Morgan fingerprint density at radius 1 is 1.06 bits per heavy atom. The zero-order valence-corrected chi connectivity index (χ0v) is 11.4. The van der Waals surface area contributed by atoms with Crippen molar-refractivity contribution in [2.45, 2.75) is 18.7 Å². The van der Waals surface area contributed by atoms with Gasteiger partial charge in [-0.05, 0) is 26.0 Å². The third-order valence-electron chi connectivity index (χ3n) is 1.88. The van der Waals surface area contributed by atoms with E-state index in [9.17, 15) is 0 Å². The standard InChI is InChI=1S/C12H18O2S2/c1-3-13-8-9-14-10-15-16-12-6-4-11(2)5-7-12/h4-7H,3,8-10H2,1-2H3. The average molecular weight is 258 g/mol. The van der Waals surface area contributed by atoms with Crippen molar-refractivity contribution in [2.24, 2.45) is 0 Å². The summed E-state index contributed by atoms with van der Waals surface area (Å²) in [6.45, 7) is 6.20. The van der Waals surface area contributed by atoms with Crippen molar-refractivity contribution < 1.29 is 9.47 Å². The first-order valence-electron chi connectivity index (χ1n) is 5.34. The molecule has 0 N–H and O–H groups in total. The van der Waals surface area contributed by atoms with Crippen LogP contribution in [0.5, 0.6) is 0 Å². The lowest BCUT2D eigenvalue weighted by Gasteiger charge is -2.04. The number of ether oxygens (including phenoxy) is 2. The second kappa shape index (κ2) is 8.93. The smallest absolute Gasteiger partial charge is 0.103 e. The molecule has 90 valence electrons. The van der Waals surface area contributed by atoms with Crippen LogP contribution in [0.2, 0.25) is 0 Å². The lowest BCUT2D eigenvalue weighted by atomic mass is 10.2. The van der Waals surface area contributed by atoms with Crippen LogP contribution in [0.1, 0.15) is 12.5 Å². The molecule has 1 aromatic carbocycles. The minimum absolute atomic E-state index is 0.676. The van der Waals surface area contributed by atoms with Crippen molar-refractivity contribution in [3.05, 3.63) is 29.8 Å². The zero-order chi connectivity index (χ0) is 11.6. The minimum Gasteiger partial charge on any atom is -0.379 e. The van der Waals surface area contributed by atoms with Crippen LogP contribution in [-0.2, 0) is 9.47 Å². The third kappa shape index (κ3) is 6.43. The highest BCUT2D eigenvalue weighted by Gasteiger charge is 1.94. The van der Waals surface area contributed by atoms with Crippen LogP contribution in [0, 0.1) is 6.92 Å². The molecule has 0 radical (unpaired) electrons. The molecule has 0 fully saturated rings. The van der Waals surface area contributed by atoms with Crippen LogP contribution in [0.25, 0.3) is 0 Å². The fourth-order valence-corrected chi connectivity index (χ4v) is 2.75. The first-order chi connectivity index (χ1) is 7.83. The zero-order valence-electron chi connectivity index (χ0n) is 9.77. The Balaban J connectivity index is 2.01. The molecule has 0 heterocycles. The van der Waals surface area contributed by atoms with E-state index in [2.05, 4.69) is 31.2 Å². The van der Waals surface area contributed by atoms with Crippen molar-refractivity contribution in [1.82, 2.24) is 0 Å².